The fraction of sp³-hybridized carbons (Fsp3) is 0.556. The van der Waals surface area contributed by atoms with Gasteiger partial charge in [-0.3, -0.25) is 9.89 Å². The molecule has 0 bridgehead atoms. The summed E-state index contributed by atoms with van der Waals surface area (Å²) in [5.74, 6) is -2.95. The highest BCUT2D eigenvalue weighted by molar-refractivity contribution is 5.95. The fourth-order valence-corrected chi connectivity index (χ4v) is 1.61. The molecule has 0 atom stereocenters. The van der Waals surface area contributed by atoms with Crippen LogP contribution in [0, 0.1) is 6.92 Å². The summed E-state index contributed by atoms with van der Waals surface area (Å²) in [6.07, 6.45) is 0.854. The minimum Gasteiger partial charge on any atom is -0.349 e. The topological polar surface area (TPSA) is 57.8 Å². The van der Waals surface area contributed by atoms with Crippen molar-refractivity contribution in [1.82, 2.24) is 15.5 Å². The standard InChI is InChI=1S/C9H11F2N3O/c1-5-7(4-12-14-5)8(15)13-6-2-9(10,11)3-6/h4,6H,2-3H2,1H3,(H,12,14)(H,13,15). The van der Waals surface area contributed by atoms with Crippen LogP contribution in [0.1, 0.15) is 28.9 Å². The third kappa shape index (κ3) is 1.98. The van der Waals surface area contributed by atoms with Gasteiger partial charge in [-0.1, -0.05) is 0 Å². The first kappa shape index (κ1) is 10.1. The predicted octanol–water partition coefficient (Wildman–Crippen LogP) is 1.25. The van der Waals surface area contributed by atoms with Crippen LogP contribution >= 0.6 is 0 Å². The van der Waals surface area contributed by atoms with E-state index in [-0.39, 0.29) is 18.7 Å². The summed E-state index contributed by atoms with van der Waals surface area (Å²) >= 11 is 0. The molecule has 15 heavy (non-hydrogen) atoms. The maximum Gasteiger partial charge on any atom is 0.254 e. The molecule has 2 rings (SSSR count). The Morgan fingerprint density at radius 1 is 1.67 bits per heavy atom. The highest BCUT2D eigenvalue weighted by atomic mass is 19.3. The number of amides is 1. The van der Waals surface area contributed by atoms with Crippen molar-refractivity contribution < 1.29 is 13.6 Å². The molecule has 1 fully saturated rings. The Bertz CT molecular complexity index is 380. The number of alkyl halides is 2. The van der Waals surface area contributed by atoms with Crippen LogP contribution in [-0.4, -0.2) is 28.1 Å². The number of aromatic nitrogens is 2. The van der Waals surface area contributed by atoms with Crippen molar-refractivity contribution in [3.05, 3.63) is 17.5 Å². The molecule has 0 saturated heterocycles. The van der Waals surface area contributed by atoms with E-state index in [1.54, 1.807) is 6.92 Å². The molecule has 1 saturated carbocycles. The van der Waals surface area contributed by atoms with Gasteiger partial charge in [0, 0.05) is 24.6 Å². The van der Waals surface area contributed by atoms with E-state index in [1.165, 1.54) is 6.20 Å². The molecule has 1 heterocycles. The number of H-pyrrole nitrogens is 1. The maximum atomic E-state index is 12.5. The number of carbonyl (C=O) groups is 1. The molecule has 0 spiro atoms. The van der Waals surface area contributed by atoms with Crippen LogP contribution in [0.3, 0.4) is 0 Å². The fourth-order valence-electron chi connectivity index (χ4n) is 1.61. The van der Waals surface area contributed by atoms with Gasteiger partial charge in [0.2, 0.25) is 0 Å². The van der Waals surface area contributed by atoms with Crippen molar-refractivity contribution in [3.63, 3.8) is 0 Å². The van der Waals surface area contributed by atoms with Gasteiger partial charge in [0.1, 0.15) is 0 Å². The van der Waals surface area contributed by atoms with Gasteiger partial charge in [0.05, 0.1) is 11.8 Å². The van der Waals surface area contributed by atoms with Gasteiger partial charge in [0.25, 0.3) is 11.8 Å². The molecular formula is C9H11F2N3O. The quantitative estimate of drug-likeness (QED) is 0.779. The smallest absolute Gasteiger partial charge is 0.254 e. The first-order valence-electron chi connectivity index (χ1n) is 4.66. The minimum atomic E-state index is -2.61. The normalized spacial score (nSPS) is 19.7. The number of nitrogens with one attached hydrogen (secondary N) is 2. The molecule has 0 aliphatic heterocycles. The van der Waals surface area contributed by atoms with Gasteiger partial charge in [-0.05, 0) is 6.92 Å². The molecule has 0 radical (unpaired) electrons. The second-order valence-electron chi connectivity index (χ2n) is 3.84. The van der Waals surface area contributed by atoms with Gasteiger partial charge in [-0.2, -0.15) is 5.10 Å². The van der Waals surface area contributed by atoms with E-state index in [2.05, 4.69) is 15.5 Å². The van der Waals surface area contributed by atoms with E-state index in [4.69, 9.17) is 0 Å². The first-order valence-corrected chi connectivity index (χ1v) is 4.66. The largest absolute Gasteiger partial charge is 0.349 e. The Kier molecular flexibility index (Phi) is 2.21. The summed E-state index contributed by atoms with van der Waals surface area (Å²) in [6, 6.07) is -0.415. The predicted molar refractivity (Wildman–Crippen MR) is 48.8 cm³/mol. The summed E-state index contributed by atoms with van der Waals surface area (Å²) in [7, 11) is 0. The summed E-state index contributed by atoms with van der Waals surface area (Å²) in [4.78, 5) is 11.5. The molecule has 4 nitrogen and oxygen atoms in total. The molecular weight excluding hydrogens is 204 g/mol. The molecule has 2 N–H and O–H groups in total. The Morgan fingerprint density at radius 2 is 2.33 bits per heavy atom. The molecule has 0 aromatic carbocycles. The highest BCUT2D eigenvalue weighted by Gasteiger charge is 2.46. The van der Waals surface area contributed by atoms with Crippen LogP contribution in [0.2, 0.25) is 0 Å². The summed E-state index contributed by atoms with van der Waals surface area (Å²) in [6.45, 7) is 1.71. The summed E-state index contributed by atoms with van der Waals surface area (Å²) in [5, 5.41) is 8.84. The van der Waals surface area contributed by atoms with Gasteiger partial charge in [-0.25, -0.2) is 8.78 Å². The minimum absolute atomic E-state index is 0.268. The third-order valence-corrected chi connectivity index (χ3v) is 2.50. The number of carbonyl (C=O) groups excluding carboxylic acids is 1. The molecule has 0 unspecified atom stereocenters. The Labute approximate surface area is 85.1 Å². The first-order chi connectivity index (χ1) is 6.98. The molecule has 82 valence electrons. The van der Waals surface area contributed by atoms with Crippen LogP contribution in [0.25, 0.3) is 0 Å². The van der Waals surface area contributed by atoms with Gasteiger partial charge in [-0.15, -0.1) is 0 Å². The van der Waals surface area contributed by atoms with E-state index in [0.717, 1.165) is 0 Å². The zero-order valence-electron chi connectivity index (χ0n) is 8.18. The lowest BCUT2D eigenvalue weighted by atomic mass is 9.88. The van der Waals surface area contributed by atoms with Gasteiger partial charge in [0.15, 0.2) is 0 Å². The molecule has 1 aliphatic rings. The lowest BCUT2D eigenvalue weighted by Gasteiger charge is -2.35. The van der Waals surface area contributed by atoms with Crippen LogP contribution in [0.15, 0.2) is 6.20 Å². The molecule has 1 aliphatic carbocycles. The summed E-state index contributed by atoms with van der Waals surface area (Å²) in [5.41, 5.74) is 1.05. The van der Waals surface area contributed by atoms with Gasteiger partial charge < -0.3 is 5.32 Å². The Hall–Kier alpha value is -1.46. The Morgan fingerprint density at radius 3 is 2.80 bits per heavy atom. The van der Waals surface area contributed by atoms with E-state index in [9.17, 15) is 13.6 Å². The number of halogens is 2. The van der Waals surface area contributed by atoms with Crippen molar-refractivity contribution in [2.24, 2.45) is 0 Å². The van der Waals surface area contributed by atoms with Crippen molar-refractivity contribution in [2.45, 2.75) is 31.7 Å². The maximum absolute atomic E-state index is 12.5. The second kappa shape index (κ2) is 3.29. The van der Waals surface area contributed by atoms with Crippen molar-refractivity contribution in [3.8, 4) is 0 Å². The lowest BCUT2D eigenvalue weighted by Crippen LogP contribution is -2.50. The van der Waals surface area contributed by atoms with E-state index >= 15 is 0 Å². The average Bonchev–Trinajstić information content (AvgIpc) is 2.47. The van der Waals surface area contributed by atoms with E-state index in [1.807, 2.05) is 0 Å². The molecule has 1 aromatic heterocycles. The molecule has 1 amide bonds. The highest BCUT2D eigenvalue weighted by Crippen LogP contribution is 2.37. The molecule has 1 aromatic rings. The lowest BCUT2D eigenvalue weighted by molar-refractivity contribution is -0.0901. The number of aryl methyl sites for hydroxylation is 1. The zero-order chi connectivity index (χ0) is 11.1. The van der Waals surface area contributed by atoms with Crippen LogP contribution in [0.5, 0.6) is 0 Å². The van der Waals surface area contributed by atoms with Crippen molar-refractivity contribution in [2.75, 3.05) is 0 Å². The van der Waals surface area contributed by atoms with Crippen molar-refractivity contribution in [1.29, 1.82) is 0 Å². The van der Waals surface area contributed by atoms with E-state index < -0.39 is 12.0 Å². The number of rotatable bonds is 2. The average molecular weight is 215 g/mol. The number of aromatic amines is 1. The number of hydrogen-bond acceptors (Lipinski definition) is 2. The second-order valence-corrected chi connectivity index (χ2v) is 3.84. The number of hydrogen-bond donors (Lipinski definition) is 2. The summed E-state index contributed by atoms with van der Waals surface area (Å²) < 4.78 is 25.0. The van der Waals surface area contributed by atoms with Crippen LogP contribution in [0.4, 0.5) is 8.78 Å². The van der Waals surface area contributed by atoms with Crippen LogP contribution < -0.4 is 5.32 Å². The SMILES string of the molecule is Cc1[nH]ncc1C(=O)NC1CC(F)(F)C1. The number of nitrogens with zero attached hydrogens (tertiary/aromatic N) is 1. The zero-order valence-corrected chi connectivity index (χ0v) is 8.18. The third-order valence-electron chi connectivity index (χ3n) is 2.50. The molecule has 6 heteroatoms. The van der Waals surface area contributed by atoms with Gasteiger partial charge >= 0.3 is 0 Å². The van der Waals surface area contributed by atoms with Crippen LogP contribution in [-0.2, 0) is 0 Å². The van der Waals surface area contributed by atoms with E-state index in [0.29, 0.717) is 11.3 Å². The monoisotopic (exact) mass is 215 g/mol. The Balaban J connectivity index is 1.92. The van der Waals surface area contributed by atoms with Crippen molar-refractivity contribution >= 4 is 5.91 Å².